The molecule has 1 aliphatic rings. The Labute approximate surface area is 186 Å². The topological polar surface area (TPSA) is 28.5 Å². The summed E-state index contributed by atoms with van der Waals surface area (Å²) in [5, 5.41) is 13.1. The van der Waals surface area contributed by atoms with Gasteiger partial charge in [0.25, 0.3) is 0 Å². The molecule has 1 atom stereocenters. The van der Waals surface area contributed by atoms with Crippen molar-refractivity contribution in [3.63, 3.8) is 0 Å². The highest BCUT2D eigenvalue weighted by Crippen LogP contribution is 2.40. The number of benzene rings is 2. The van der Waals surface area contributed by atoms with Crippen LogP contribution in [0.2, 0.25) is 10.0 Å². The lowest BCUT2D eigenvalue weighted by atomic mass is 10.0. The van der Waals surface area contributed by atoms with Gasteiger partial charge in [-0.2, -0.15) is 5.10 Å². The second-order valence-electron chi connectivity index (χ2n) is 6.64. The van der Waals surface area contributed by atoms with Gasteiger partial charge in [0, 0.05) is 17.4 Å². The fraction of sp³-hybridized carbons (Fsp3) is 0.0909. The van der Waals surface area contributed by atoms with Crippen LogP contribution in [0.3, 0.4) is 0 Å². The van der Waals surface area contributed by atoms with Crippen LogP contribution in [0.5, 0.6) is 0 Å². The van der Waals surface area contributed by atoms with Crippen molar-refractivity contribution >= 4 is 56.7 Å². The molecule has 29 heavy (non-hydrogen) atoms. The highest BCUT2D eigenvalue weighted by molar-refractivity contribution is 7.14. The van der Waals surface area contributed by atoms with Gasteiger partial charge in [-0.25, -0.2) is 9.99 Å². The standard InChI is InChI=1S/C22H15Cl2N3S2/c23-16-9-8-15(11-17(16)24)19-13-29-22(25-19)27-20(14-5-2-1-3-6-14)12-18(26-27)21-7-4-10-28-21/h1-11,13,20H,12H2. The summed E-state index contributed by atoms with van der Waals surface area (Å²) in [7, 11) is 0. The van der Waals surface area contributed by atoms with E-state index in [0.29, 0.717) is 10.0 Å². The predicted octanol–water partition coefficient (Wildman–Crippen LogP) is 7.53. The van der Waals surface area contributed by atoms with Crippen LogP contribution in [0.25, 0.3) is 11.3 Å². The molecule has 2 aromatic carbocycles. The molecular weight excluding hydrogens is 441 g/mol. The molecule has 0 radical (unpaired) electrons. The molecule has 4 aromatic rings. The number of nitrogens with zero attached hydrogens (tertiary/aromatic N) is 3. The van der Waals surface area contributed by atoms with Gasteiger partial charge in [0.15, 0.2) is 0 Å². The van der Waals surface area contributed by atoms with Crippen molar-refractivity contribution in [2.45, 2.75) is 12.5 Å². The number of rotatable bonds is 4. The zero-order valence-electron chi connectivity index (χ0n) is 15.1. The minimum atomic E-state index is 0.126. The van der Waals surface area contributed by atoms with Crippen molar-refractivity contribution in [3.8, 4) is 11.3 Å². The Morgan fingerprint density at radius 2 is 1.79 bits per heavy atom. The summed E-state index contributed by atoms with van der Waals surface area (Å²) < 4.78 is 0. The van der Waals surface area contributed by atoms with Crippen LogP contribution in [0, 0.1) is 0 Å². The first-order valence-corrected chi connectivity index (χ1v) is 11.6. The number of aromatic nitrogens is 1. The van der Waals surface area contributed by atoms with E-state index in [1.165, 1.54) is 10.4 Å². The summed E-state index contributed by atoms with van der Waals surface area (Å²) in [6.07, 6.45) is 0.853. The van der Waals surface area contributed by atoms with E-state index in [2.05, 4.69) is 46.8 Å². The number of thiophene rings is 1. The van der Waals surface area contributed by atoms with Crippen molar-refractivity contribution in [1.29, 1.82) is 0 Å². The molecule has 5 rings (SSSR count). The van der Waals surface area contributed by atoms with Gasteiger partial charge in [0.05, 0.1) is 32.4 Å². The quantitative estimate of drug-likeness (QED) is 0.317. The Morgan fingerprint density at radius 3 is 2.55 bits per heavy atom. The molecule has 0 fully saturated rings. The Morgan fingerprint density at radius 1 is 0.931 bits per heavy atom. The van der Waals surface area contributed by atoms with E-state index in [0.717, 1.165) is 28.5 Å². The molecule has 0 saturated heterocycles. The highest BCUT2D eigenvalue weighted by Gasteiger charge is 2.32. The zero-order valence-corrected chi connectivity index (χ0v) is 18.3. The fourth-order valence-electron chi connectivity index (χ4n) is 3.37. The predicted molar refractivity (Wildman–Crippen MR) is 125 cm³/mol. The van der Waals surface area contributed by atoms with Crippen LogP contribution in [0.4, 0.5) is 5.13 Å². The number of halogens is 2. The van der Waals surface area contributed by atoms with Crippen LogP contribution in [0.15, 0.2) is 76.5 Å². The first-order chi connectivity index (χ1) is 14.2. The van der Waals surface area contributed by atoms with E-state index >= 15 is 0 Å². The van der Waals surface area contributed by atoms with E-state index in [1.54, 1.807) is 28.7 Å². The fourth-order valence-corrected chi connectivity index (χ4v) is 5.22. The molecule has 3 nitrogen and oxygen atoms in total. The number of anilines is 1. The molecule has 0 N–H and O–H groups in total. The Kier molecular flexibility index (Phi) is 5.14. The minimum absolute atomic E-state index is 0.126. The summed E-state index contributed by atoms with van der Waals surface area (Å²) >= 11 is 15.5. The molecule has 0 bridgehead atoms. The molecule has 0 spiro atoms. The summed E-state index contributed by atoms with van der Waals surface area (Å²) in [4.78, 5) is 6.07. The summed E-state index contributed by atoms with van der Waals surface area (Å²) in [5.74, 6) is 0. The summed E-state index contributed by atoms with van der Waals surface area (Å²) in [6, 6.07) is 20.4. The van der Waals surface area contributed by atoms with E-state index in [-0.39, 0.29) is 6.04 Å². The van der Waals surface area contributed by atoms with Crippen LogP contribution >= 0.6 is 45.9 Å². The van der Waals surface area contributed by atoms with Gasteiger partial charge in [0.1, 0.15) is 0 Å². The molecule has 2 aromatic heterocycles. The summed E-state index contributed by atoms with van der Waals surface area (Å²) in [5.41, 5.74) is 4.14. The molecular formula is C22H15Cl2N3S2. The van der Waals surface area contributed by atoms with Crippen LogP contribution < -0.4 is 5.01 Å². The number of thiazole rings is 1. The van der Waals surface area contributed by atoms with Gasteiger partial charge < -0.3 is 0 Å². The van der Waals surface area contributed by atoms with Crippen LogP contribution in [-0.4, -0.2) is 10.7 Å². The van der Waals surface area contributed by atoms with Crippen molar-refractivity contribution in [2.24, 2.45) is 5.10 Å². The lowest BCUT2D eigenvalue weighted by Gasteiger charge is -2.21. The SMILES string of the molecule is Clc1ccc(-c2csc(N3N=C(c4cccs4)CC3c3ccccc3)n2)cc1Cl. The van der Waals surface area contributed by atoms with Gasteiger partial charge in [-0.3, -0.25) is 0 Å². The number of hydrazone groups is 1. The highest BCUT2D eigenvalue weighted by atomic mass is 35.5. The van der Waals surface area contributed by atoms with Gasteiger partial charge >= 0.3 is 0 Å². The van der Waals surface area contributed by atoms with Crippen LogP contribution in [0.1, 0.15) is 22.9 Å². The molecule has 144 valence electrons. The molecule has 0 aliphatic carbocycles. The number of hydrogen-bond acceptors (Lipinski definition) is 5. The normalized spacial score (nSPS) is 16.3. The third-order valence-electron chi connectivity index (χ3n) is 4.80. The van der Waals surface area contributed by atoms with Crippen LogP contribution in [-0.2, 0) is 0 Å². The Bertz CT molecular complexity index is 1170. The second-order valence-corrected chi connectivity index (χ2v) is 9.24. The molecule has 0 saturated carbocycles. The Hall–Kier alpha value is -2.18. The Balaban J connectivity index is 1.53. The largest absolute Gasteiger partial charge is 0.231 e. The van der Waals surface area contributed by atoms with Crippen molar-refractivity contribution in [1.82, 2.24) is 4.98 Å². The molecule has 7 heteroatoms. The smallest absolute Gasteiger partial charge is 0.207 e. The average molecular weight is 456 g/mol. The summed E-state index contributed by atoms with van der Waals surface area (Å²) in [6.45, 7) is 0. The van der Waals surface area contributed by atoms with Gasteiger partial charge in [-0.1, -0.05) is 65.7 Å². The first-order valence-electron chi connectivity index (χ1n) is 9.05. The third-order valence-corrected chi connectivity index (χ3v) is 7.29. The van der Waals surface area contributed by atoms with E-state index in [4.69, 9.17) is 33.3 Å². The van der Waals surface area contributed by atoms with E-state index in [9.17, 15) is 0 Å². The molecule has 1 unspecified atom stereocenters. The number of hydrogen-bond donors (Lipinski definition) is 0. The van der Waals surface area contributed by atoms with Crippen molar-refractivity contribution in [3.05, 3.63) is 91.9 Å². The molecule has 0 amide bonds. The van der Waals surface area contributed by atoms with E-state index < -0.39 is 0 Å². The maximum Gasteiger partial charge on any atom is 0.207 e. The van der Waals surface area contributed by atoms with E-state index in [1.807, 2.05) is 23.6 Å². The van der Waals surface area contributed by atoms with Crippen molar-refractivity contribution < 1.29 is 0 Å². The van der Waals surface area contributed by atoms with Crippen molar-refractivity contribution in [2.75, 3.05) is 5.01 Å². The van der Waals surface area contributed by atoms with Gasteiger partial charge in [0.2, 0.25) is 5.13 Å². The molecule has 3 heterocycles. The average Bonchev–Trinajstić information content (AvgIpc) is 3.50. The minimum Gasteiger partial charge on any atom is -0.231 e. The monoisotopic (exact) mass is 455 g/mol. The van der Waals surface area contributed by atoms with Gasteiger partial charge in [-0.05, 0) is 29.1 Å². The van der Waals surface area contributed by atoms with Gasteiger partial charge in [-0.15, -0.1) is 22.7 Å². The lowest BCUT2D eigenvalue weighted by Crippen LogP contribution is -2.18. The second kappa shape index (κ2) is 7.92. The lowest BCUT2D eigenvalue weighted by molar-refractivity contribution is 0.706. The maximum absolute atomic E-state index is 6.19. The first kappa shape index (κ1) is 18.8. The third kappa shape index (κ3) is 3.71. The molecule has 1 aliphatic heterocycles. The zero-order chi connectivity index (χ0) is 19.8. The maximum atomic E-state index is 6.19.